The van der Waals surface area contributed by atoms with E-state index in [1.54, 1.807) is 0 Å². The van der Waals surface area contributed by atoms with Gasteiger partial charge in [0.1, 0.15) is 0 Å². The maximum Gasteiger partial charge on any atom is 0.278 e. The van der Waals surface area contributed by atoms with Crippen molar-refractivity contribution in [2.45, 2.75) is 45.3 Å². The van der Waals surface area contributed by atoms with Crippen molar-refractivity contribution in [2.24, 2.45) is 0 Å². The summed E-state index contributed by atoms with van der Waals surface area (Å²) in [5, 5.41) is 11.4. The lowest BCUT2D eigenvalue weighted by atomic mass is 10.1. The van der Waals surface area contributed by atoms with Gasteiger partial charge in [0.2, 0.25) is 0 Å². The molecule has 0 aromatic heterocycles. The zero-order valence-electron chi connectivity index (χ0n) is 13.2. The lowest BCUT2D eigenvalue weighted by Crippen LogP contribution is -2.53. The number of hydrogen-bond donors (Lipinski definition) is 0. The molecule has 5 nitrogen and oxygen atoms in total. The van der Waals surface area contributed by atoms with Crippen LogP contribution in [-0.2, 0) is 6.42 Å². The van der Waals surface area contributed by atoms with Crippen molar-refractivity contribution in [1.82, 2.24) is 9.80 Å². The molecule has 3 rings (SSSR count). The first kappa shape index (κ1) is 15.0. The Hall–Kier alpha value is -1.88. The number of nitrogens with zero attached hydrogens (tertiary/aromatic N) is 3. The summed E-state index contributed by atoms with van der Waals surface area (Å²) >= 11 is 0. The van der Waals surface area contributed by atoms with Crippen molar-refractivity contribution in [2.75, 3.05) is 13.1 Å². The zero-order valence-corrected chi connectivity index (χ0v) is 13.2. The number of allylic oxidation sites excluding steroid dienone is 1. The predicted octanol–water partition coefficient (Wildman–Crippen LogP) is 2.86. The first-order valence-electron chi connectivity index (χ1n) is 7.98. The zero-order chi connectivity index (χ0) is 15.7. The minimum atomic E-state index is -0.202. The van der Waals surface area contributed by atoms with Crippen LogP contribution >= 0.6 is 0 Å². The topological polar surface area (TPSA) is 49.6 Å². The van der Waals surface area contributed by atoms with Gasteiger partial charge in [0.05, 0.1) is 23.3 Å². The molecule has 5 heteroatoms. The Bertz CT molecular complexity index is 581. The van der Waals surface area contributed by atoms with E-state index < -0.39 is 0 Å². The van der Waals surface area contributed by atoms with Crippen LogP contribution in [-0.4, -0.2) is 40.0 Å². The SMILES string of the molecule is CC1=C([N+](=O)[O-])CN(CCc2ccccc2)C(C)N1C1CC1. The van der Waals surface area contributed by atoms with Crippen molar-refractivity contribution in [1.29, 1.82) is 0 Å². The molecule has 1 aliphatic carbocycles. The molecule has 1 aromatic carbocycles. The molecule has 1 saturated carbocycles. The molecule has 0 spiro atoms. The predicted molar refractivity (Wildman–Crippen MR) is 85.7 cm³/mol. The Morgan fingerprint density at radius 3 is 2.55 bits per heavy atom. The maximum absolute atomic E-state index is 11.4. The summed E-state index contributed by atoms with van der Waals surface area (Å²) in [4.78, 5) is 15.7. The molecule has 1 heterocycles. The fourth-order valence-corrected chi connectivity index (χ4v) is 3.35. The molecule has 1 fully saturated rings. The van der Waals surface area contributed by atoms with Gasteiger partial charge >= 0.3 is 0 Å². The van der Waals surface area contributed by atoms with Gasteiger partial charge in [0.15, 0.2) is 0 Å². The standard InChI is InChI=1S/C17H23N3O2/c1-13-17(20(21)22)12-18(14(2)19(13)16-8-9-16)11-10-15-6-4-3-5-7-15/h3-7,14,16H,8-12H2,1-2H3. The van der Waals surface area contributed by atoms with Gasteiger partial charge in [0.25, 0.3) is 5.70 Å². The molecule has 0 saturated heterocycles. The Kier molecular flexibility index (Phi) is 4.16. The molecule has 0 amide bonds. The summed E-state index contributed by atoms with van der Waals surface area (Å²) in [6.45, 7) is 5.36. The third-order valence-corrected chi connectivity index (χ3v) is 4.78. The number of hydrogen-bond acceptors (Lipinski definition) is 4. The molecular formula is C17H23N3O2. The second kappa shape index (κ2) is 6.08. The fourth-order valence-electron chi connectivity index (χ4n) is 3.35. The van der Waals surface area contributed by atoms with Gasteiger partial charge in [-0.1, -0.05) is 30.3 Å². The molecule has 1 unspecified atom stereocenters. The summed E-state index contributed by atoms with van der Waals surface area (Å²) < 4.78 is 0. The Morgan fingerprint density at radius 2 is 1.95 bits per heavy atom. The van der Waals surface area contributed by atoms with Gasteiger partial charge in [-0.15, -0.1) is 0 Å². The molecule has 0 bridgehead atoms. The smallest absolute Gasteiger partial charge is 0.278 e. The molecule has 1 aromatic rings. The van der Waals surface area contributed by atoms with Crippen LogP contribution in [0.15, 0.2) is 41.7 Å². The largest absolute Gasteiger partial charge is 0.351 e. The van der Waals surface area contributed by atoms with Crippen LogP contribution in [0.25, 0.3) is 0 Å². The normalized spacial score (nSPS) is 23.0. The summed E-state index contributed by atoms with van der Waals surface area (Å²) in [5.41, 5.74) is 2.50. The average molecular weight is 301 g/mol. The highest BCUT2D eigenvalue weighted by Crippen LogP contribution is 2.36. The quantitative estimate of drug-likeness (QED) is 0.620. The summed E-state index contributed by atoms with van der Waals surface area (Å²) in [5.74, 6) is 0. The van der Waals surface area contributed by atoms with E-state index in [9.17, 15) is 10.1 Å². The van der Waals surface area contributed by atoms with Crippen molar-refractivity contribution in [3.63, 3.8) is 0 Å². The first-order valence-corrected chi connectivity index (χ1v) is 7.98. The van der Waals surface area contributed by atoms with Crippen molar-refractivity contribution >= 4 is 0 Å². The van der Waals surface area contributed by atoms with Crippen LogP contribution in [0.4, 0.5) is 0 Å². The van der Waals surface area contributed by atoms with Gasteiger partial charge in [-0.2, -0.15) is 0 Å². The van der Waals surface area contributed by atoms with Crippen molar-refractivity contribution in [3.05, 3.63) is 57.4 Å². The highest BCUT2D eigenvalue weighted by atomic mass is 16.6. The summed E-state index contributed by atoms with van der Waals surface area (Å²) in [7, 11) is 0. The summed E-state index contributed by atoms with van der Waals surface area (Å²) in [6, 6.07) is 10.8. The number of rotatable bonds is 5. The van der Waals surface area contributed by atoms with Gasteiger partial charge in [-0.25, -0.2) is 0 Å². The molecule has 0 N–H and O–H groups in total. The van der Waals surface area contributed by atoms with Crippen molar-refractivity contribution < 1.29 is 4.92 Å². The Labute approximate surface area is 131 Å². The first-order chi connectivity index (χ1) is 10.6. The van der Waals surface area contributed by atoms with E-state index in [0.717, 1.165) is 31.5 Å². The highest BCUT2D eigenvalue weighted by molar-refractivity contribution is 5.17. The molecule has 1 atom stereocenters. The third-order valence-electron chi connectivity index (χ3n) is 4.78. The van der Waals surface area contributed by atoms with E-state index in [1.807, 2.05) is 25.1 Å². The molecule has 0 radical (unpaired) electrons. The second-order valence-electron chi connectivity index (χ2n) is 6.27. The number of benzene rings is 1. The Balaban J connectivity index is 1.75. The van der Waals surface area contributed by atoms with Crippen LogP contribution < -0.4 is 0 Å². The highest BCUT2D eigenvalue weighted by Gasteiger charge is 2.41. The van der Waals surface area contributed by atoms with E-state index in [4.69, 9.17) is 0 Å². The van der Waals surface area contributed by atoms with Crippen LogP contribution in [0.1, 0.15) is 32.3 Å². The van der Waals surface area contributed by atoms with Crippen molar-refractivity contribution in [3.8, 4) is 0 Å². The molecule has 22 heavy (non-hydrogen) atoms. The minimum absolute atomic E-state index is 0.202. The molecule has 2 aliphatic rings. The molecule has 118 valence electrons. The van der Waals surface area contributed by atoms with E-state index in [0.29, 0.717) is 18.3 Å². The van der Waals surface area contributed by atoms with Gasteiger partial charge < -0.3 is 4.90 Å². The van der Waals surface area contributed by atoms with Gasteiger partial charge in [0, 0.05) is 12.6 Å². The van der Waals surface area contributed by atoms with E-state index in [2.05, 4.69) is 28.9 Å². The van der Waals surface area contributed by atoms with Crippen LogP contribution in [0.2, 0.25) is 0 Å². The monoisotopic (exact) mass is 301 g/mol. The number of nitro groups is 1. The Morgan fingerprint density at radius 1 is 1.27 bits per heavy atom. The van der Waals surface area contributed by atoms with E-state index in [-0.39, 0.29) is 11.1 Å². The minimum Gasteiger partial charge on any atom is -0.351 e. The average Bonchev–Trinajstić information content (AvgIpc) is 3.32. The lowest BCUT2D eigenvalue weighted by molar-refractivity contribution is -0.433. The maximum atomic E-state index is 11.4. The lowest BCUT2D eigenvalue weighted by Gasteiger charge is -2.42. The van der Waals surface area contributed by atoms with E-state index >= 15 is 0 Å². The second-order valence-corrected chi connectivity index (χ2v) is 6.27. The molecular weight excluding hydrogens is 278 g/mol. The summed E-state index contributed by atoms with van der Waals surface area (Å²) in [6.07, 6.45) is 3.46. The van der Waals surface area contributed by atoms with Crippen LogP contribution in [0.3, 0.4) is 0 Å². The third kappa shape index (κ3) is 2.99. The van der Waals surface area contributed by atoms with Gasteiger partial charge in [-0.05, 0) is 38.7 Å². The van der Waals surface area contributed by atoms with Crippen LogP contribution in [0, 0.1) is 10.1 Å². The van der Waals surface area contributed by atoms with Gasteiger partial charge in [-0.3, -0.25) is 15.0 Å². The van der Waals surface area contributed by atoms with E-state index in [1.165, 1.54) is 5.56 Å². The molecule has 1 aliphatic heterocycles. The van der Waals surface area contributed by atoms with Crippen LogP contribution in [0.5, 0.6) is 0 Å². The fraction of sp³-hybridized carbons (Fsp3) is 0.529.